The van der Waals surface area contributed by atoms with E-state index in [0.717, 1.165) is 32.1 Å². The van der Waals surface area contributed by atoms with Crippen molar-refractivity contribution >= 4 is 34.4 Å². The molecule has 192 valence electrons. The summed E-state index contributed by atoms with van der Waals surface area (Å²) in [6, 6.07) is 4.69. The van der Waals surface area contributed by atoms with E-state index in [9.17, 15) is 18.0 Å². The second kappa shape index (κ2) is 9.55. The van der Waals surface area contributed by atoms with E-state index in [1.165, 1.54) is 6.07 Å². The summed E-state index contributed by atoms with van der Waals surface area (Å²) in [6.07, 6.45) is -1.07. The van der Waals surface area contributed by atoms with E-state index in [1.54, 1.807) is 17.0 Å². The van der Waals surface area contributed by atoms with Crippen molar-refractivity contribution in [3.05, 3.63) is 51.9 Å². The number of H-pyrrole nitrogens is 1. The van der Waals surface area contributed by atoms with Crippen molar-refractivity contribution in [3.63, 3.8) is 0 Å². The lowest BCUT2D eigenvalue weighted by atomic mass is 9.86. The van der Waals surface area contributed by atoms with E-state index in [-0.39, 0.29) is 23.1 Å². The third-order valence-corrected chi connectivity index (χ3v) is 7.65. The maximum absolute atomic E-state index is 14.1. The Hall–Kier alpha value is -2.85. The fourth-order valence-corrected chi connectivity index (χ4v) is 5.55. The molecule has 3 aromatic rings. The number of fused-ring (bicyclic) bond motifs is 1. The second-order valence-corrected chi connectivity index (χ2v) is 10.2. The summed E-state index contributed by atoms with van der Waals surface area (Å²) >= 11 is 5.94. The minimum Gasteiger partial charge on any atom is -0.398 e. The molecule has 2 aromatic heterocycles. The molecule has 0 radical (unpaired) electrons. The van der Waals surface area contributed by atoms with Gasteiger partial charge in [-0.2, -0.15) is 13.2 Å². The first-order chi connectivity index (χ1) is 17.1. The number of amides is 1. The number of carbonyl (C=O) groups is 1. The number of aromatic nitrogens is 3. The summed E-state index contributed by atoms with van der Waals surface area (Å²) in [6.45, 7) is 2.47. The van der Waals surface area contributed by atoms with Crippen molar-refractivity contribution in [1.29, 1.82) is 0 Å². The molecule has 0 saturated carbocycles. The average molecular weight is 521 g/mol. The van der Waals surface area contributed by atoms with Crippen molar-refractivity contribution in [2.75, 3.05) is 39.0 Å². The van der Waals surface area contributed by atoms with Gasteiger partial charge in [-0.25, -0.2) is 9.97 Å². The van der Waals surface area contributed by atoms with Crippen LogP contribution in [0.2, 0.25) is 5.02 Å². The van der Waals surface area contributed by atoms with E-state index in [1.807, 2.05) is 0 Å². The van der Waals surface area contributed by atoms with Crippen molar-refractivity contribution in [1.82, 2.24) is 24.8 Å². The number of likely N-dealkylation sites (tertiary alicyclic amines) is 2. The minimum absolute atomic E-state index is 0.168. The Labute approximate surface area is 211 Å². The number of benzene rings is 1. The summed E-state index contributed by atoms with van der Waals surface area (Å²) in [4.78, 5) is 28.9. The van der Waals surface area contributed by atoms with Gasteiger partial charge in [0.1, 0.15) is 11.3 Å². The maximum atomic E-state index is 14.1. The Balaban J connectivity index is 1.42. The third-order valence-electron chi connectivity index (χ3n) is 7.42. The smallest absolute Gasteiger partial charge is 0.398 e. The summed E-state index contributed by atoms with van der Waals surface area (Å²) in [5.74, 6) is 0.231. The molecule has 4 heterocycles. The molecule has 3 N–H and O–H groups in total. The highest BCUT2D eigenvalue weighted by atomic mass is 35.5. The van der Waals surface area contributed by atoms with Crippen LogP contribution in [0, 0.1) is 0 Å². The van der Waals surface area contributed by atoms with Crippen molar-refractivity contribution in [3.8, 4) is 0 Å². The van der Waals surface area contributed by atoms with Crippen LogP contribution in [-0.4, -0.2) is 63.9 Å². The molecule has 7 nitrogen and oxygen atoms in total. The zero-order chi connectivity index (χ0) is 25.6. The topological polar surface area (TPSA) is 91.1 Å². The molecule has 1 amide bonds. The Morgan fingerprint density at radius 3 is 2.42 bits per heavy atom. The number of imidazole rings is 1. The first kappa shape index (κ1) is 24.8. The van der Waals surface area contributed by atoms with Gasteiger partial charge in [0, 0.05) is 35.9 Å². The van der Waals surface area contributed by atoms with Crippen molar-refractivity contribution in [2.24, 2.45) is 0 Å². The number of alkyl halides is 3. The largest absolute Gasteiger partial charge is 0.418 e. The Bertz CT molecular complexity index is 1280. The number of piperidine rings is 2. The van der Waals surface area contributed by atoms with E-state index < -0.39 is 17.7 Å². The van der Waals surface area contributed by atoms with Gasteiger partial charge in [-0.15, -0.1) is 0 Å². The van der Waals surface area contributed by atoms with E-state index in [4.69, 9.17) is 17.3 Å². The minimum atomic E-state index is -4.55. The van der Waals surface area contributed by atoms with Crippen LogP contribution in [0.15, 0.2) is 24.4 Å². The number of carbonyl (C=O) groups excluding carboxylic acids is 1. The van der Waals surface area contributed by atoms with Crippen LogP contribution < -0.4 is 5.73 Å². The molecule has 2 fully saturated rings. The van der Waals surface area contributed by atoms with Crippen LogP contribution in [0.5, 0.6) is 0 Å². The summed E-state index contributed by atoms with van der Waals surface area (Å²) in [5.41, 5.74) is 6.71. The second-order valence-electron chi connectivity index (χ2n) is 9.78. The van der Waals surface area contributed by atoms with Gasteiger partial charge in [-0.3, -0.25) is 4.79 Å². The average Bonchev–Trinajstić information content (AvgIpc) is 3.27. The molecule has 1 aromatic carbocycles. The van der Waals surface area contributed by atoms with Crippen LogP contribution in [0.4, 0.5) is 18.9 Å². The predicted molar refractivity (Wildman–Crippen MR) is 132 cm³/mol. The SMILES string of the molecule is CN1CCC(c2nc3c(C4CCN(C(=O)c5ccc(Cl)cc5N)CC4)c(C(F)(F)F)cnc3[nH]2)CC1. The quantitative estimate of drug-likeness (QED) is 0.472. The molecule has 2 saturated heterocycles. The highest BCUT2D eigenvalue weighted by Gasteiger charge is 2.39. The molecule has 2 aliphatic rings. The number of pyridine rings is 1. The fourth-order valence-electron chi connectivity index (χ4n) is 5.37. The molecule has 36 heavy (non-hydrogen) atoms. The predicted octanol–water partition coefficient (Wildman–Crippen LogP) is 5.04. The Morgan fingerprint density at radius 2 is 1.78 bits per heavy atom. The Morgan fingerprint density at radius 1 is 1.11 bits per heavy atom. The van der Waals surface area contributed by atoms with Crippen LogP contribution >= 0.6 is 11.6 Å². The van der Waals surface area contributed by atoms with Crippen molar-refractivity contribution in [2.45, 2.75) is 43.7 Å². The molecular formula is C25H28ClF3N6O. The molecule has 2 aliphatic heterocycles. The first-order valence-electron chi connectivity index (χ1n) is 12.1. The lowest BCUT2D eigenvalue weighted by Gasteiger charge is -2.33. The number of nitrogens with one attached hydrogen (secondary N) is 1. The first-order valence-corrected chi connectivity index (χ1v) is 12.5. The van der Waals surface area contributed by atoms with Gasteiger partial charge in [0.2, 0.25) is 0 Å². The van der Waals surface area contributed by atoms with E-state index >= 15 is 0 Å². The number of nitrogens with two attached hydrogens (primary N) is 1. The zero-order valence-electron chi connectivity index (χ0n) is 19.9. The number of rotatable bonds is 3. The number of nitrogen functional groups attached to an aromatic ring is 1. The van der Waals surface area contributed by atoms with Gasteiger partial charge in [-0.05, 0) is 75.5 Å². The molecule has 0 atom stereocenters. The van der Waals surface area contributed by atoms with Gasteiger partial charge in [0.25, 0.3) is 5.91 Å². The summed E-state index contributed by atoms with van der Waals surface area (Å²) in [5, 5.41) is 0.433. The number of nitrogens with zero attached hydrogens (tertiary/aromatic N) is 4. The number of halogens is 4. The molecule has 11 heteroatoms. The molecular weight excluding hydrogens is 493 g/mol. The van der Waals surface area contributed by atoms with Gasteiger partial charge >= 0.3 is 6.18 Å². The van der Waals surface area contributed by atoms with Gasteiger partial charge < -0.3 is 20.5 Å². The number of hydrogen-bond donors (Lipinski definition) is 2. The number of hydrogen-bond acceptors (Lipinski definition) is 5. The van der Waals surface area contributed by atoms with Crippen molar-refractivity contribution < 1.29 is 18.0 Å². The van der Waals surface area contributed by atoms with Gasteiger partial charge in [0.15, 0.2) is 5.65 Å². The fraction of sp³-hybridized carbons (Fsp3) is 0.480. The summed E-state index contributed by atoms with van der Waals surface area (Å²) in [7, 11) is 2.06. The van der Waals surface area contributed by atoms with Crippen LogP contribution in [-0.2, 0) is 6.18 Å². The van der Waals surface area contributed by atoms with Crippen LogP contribution in [0.3, 0.4) is 0 Å². The summed E-state index contributed by atoms with van der Waals surface area (Å²) < 4.78 is 42.2. The highest BCUT2D eigenvalue weighted by Crippen LogP contribution is 2.42. The van der Waals surface area contributed by atoms with E-state index in [2.05, 4.69) is 26.9 Å². The number of aromatic amines is 1. The van der Waals surface area contributed by atoms with Crippen LogP contribution in [0.25, 0.3) is 11.2 Å². The highest BCUT2D eigenvalue weighted by molar-refractivity contribution is 6.31. The molecule has 0 aliphatic carbocycles. The number of anilines is 1. The molecule has 0 unspecified atom stereocenters. The lowest BCUT2D eigenvalue weighted by molar-refractivity contribution is -0.138. The monoisotopic (exact) mass is 520 g/mol. The molecule has 0 spiro atoms. The lowest BCUT2D eigenvalue weighted by Crippen LogP contribution is -2.38. The van der Waals surface area contributed by atoms with Gasteiger partial charge in [-0.1, -0.05) is 11.6 Å². The standard InChI is InChI=1S/C25H28ClF3N6O/c1-34-8-4-15(5-9-34)22-32-21-20(18(25(27,28)29)13-31-23(21)33-22)14-6-10-35(11-7-14)24(36)17-3-2-16(26)12-19(17)30/h2-3,12-15H,4-11,30H2,1H3,(H,31,32,33). The maximum Gasteiger partial charge on any atom is 0.418 e. The third kappa shape index (κ3) is 4.76. The Kier molecular flexibility index (Phi) is 6.59. The molecule has 5 rings (SSSR count). The van der Waals surface area contributed by atoms with E-state index in [0.29, 0.717) is 53.5 Å². The van der Waals surface area contributed by atoms with Gasteiger partial charge in [0.05, 0.1) is 11.1 Å². The van der Waals surface area contributed by atoms with Crippen LogP contribution in [0.1, 0.15) is 64.8 Å². The molecule has 0 bridgehead atoms. The zero-order valence-corrected chi connectivity index (χ0v) is 20.7. The normalized spacial score (nSPS) is 18.8.